The van der Waals surface area contributed by atoms with E-state index in [2.05, 4.69) is 50.9 Å². The largest absolute Gasteiger partial charge is 0.463 e. The zero-order valence-electron chi connectivity index (χ0n) is 13.7. The highest BCUT2D eigenvalue weighted by Gasteiger charge is 2.27. The summed E-state index contributed by atoms with van der Waals surface area (Å²) < 4.78 is 6.05. The van der Waals surface area contributed by atoms with Gasteiger partial charge in [0.25, 0.3) is 0 Å². The number of hydrogen-bond acceptors (Lipinski definition) is 3. The molecule has 3 heteroatoms. The van der Waals surface area contributed by atoms with Crippen molar-refractivity contribution in [3.8, 4) is 0 Å². The molecule has 1 saturated heterocycles. The Balaban J connectivity index is 1.98. The van der Waals surface area contributed by atoms with Gasteiger partial charge in [-0.1, -0.05) is 27.7 Å². The van der Waals surface area contributed by atoms with E-state index in [0.29, 0.717) is 6.04 Å². The van der Waals surface area contributed by atoms with E-state index in [1.807, 2.05) is 0 Å². The van der Waals surface area contributed by atoms with Gasteiger partial charge >= 0.3 is 0 Å². The zero-order valence-corrected chi connectivity index (χ0v) is 13.7. The Morgan fingerprint density at radius 3 is 2.75 bits per heavy atom. The Hall–Kier alpha value is -0.800. The van der Waals surface area contributed by atoms with Crippen LogP contribution in [-0.4, -0.2) is 23.5 Å². The average molecular weight is 278 g/mol. The summed E-state index contributed by atoms with van der Waals surface area (Å²) in [7, 11) is 0. The number of likely N-dealkylation sites (tertiary alicyclic amines) is 1. The molecule has 1 atom stereocenters. The van der Waals surface area contributed by atoms with Crippen LogP contribution in [0, 0.1) is 12.8 Å². The fourth-order valence-electron chi connectivity index (χ4n) is 3.14. The molecule has 0 aliphatic carbocycles. The van der Waals surface area contributed by atoms with Crippen LogP contribution in [0.3, 0.4) is 0 Å². The Morgan fingerprint density at radius 1 is 1.35 bits per heavy atom. The predicted octanol–water partition coefficient (Wildman–Crippen LogP) is 3.71. The van der Waals surface area contributed by atoms with Crippen molar-refractivity contribution < 1.29 is 4.42 Å². The van der Waals surface area contributed by atoms with Crippen LogP contribution in [0.4, 0.5) is 0 Å². The maximum atomic E-state index is 6.05. The van der Waals surface area contributed by atoms with E-state index >= 15 is 0 Å². The highest BCUT2D eigenvalue weighted by molar-refractivity contribution is 5.20. The molecule has 0 saturated carbocycles. The first-order chi connectivity index (χ1) is 9.47. The molecule has 1 unspecified atom stereocenters. The third kappa shape index (κ3) is 3.86. The van der Waals surface area contributed by atoms with Gasteiger partial charge in [-0.25, -0.2) is 0 Å². The van der Waals surface area contributed by atoms with Crippen molar-refractivity contribution in [1.82, 2.24) is 10.2 Å². The van der Waals surface area contributed by atoms with Crippen molar-refractivity contribution in [2.75, 3.05) is 6.54 Å². The summed E-state index contributed by atoms with van der Waals surface area (Å²) in [6.45, 7) is 14.1. The van der Waals surface area contributed by atoms with Gasteiger partial charge in [0.2, 0.25) is 0 Å². The summed E-state index contributed by atoms with van der Waals surface area (Å²) in [5, 5.41) is 3.43. The van der Waals surface area contributed by atoms with Crippen LogP contribution in [0.15, 0.2) is 10.5 Å². The Morgan fingerprint density at radius 2 is 2.10 bits per heavy atom. The molecule has 3 nitrogen and oxygen atoms in total. The number of hydrogen-bond donors (Lipinski definition) is 1. The third-order valence-electron chi connectivity index (χ3n) is 4.29. The summed E-state index contributed by atoms with van der Waals surface area (Å²) in [5.41, 5.74) is 1.27. The average Bonchev–Trinajstić information content (AvgIpc) is 2.94. The molecule has 0 radical (unpaired) electrons. The van der Waals surface area contributed by atoms with Gasteiger partial charge in [-0.15, -0.1) is 0 Å². The molecule has 1 N–H and O–H groups in total. The number of nitrogens with zero attached hydrogens (tertiary/aromatic N) is 1. The molecular formula is C17H30N2O. The summed E-state index contributed by atoms with van der Waals surface area (Å²) in [5.74, 6) is 2.94. The normalized spacial score (nSPS) is 20.4. The molecule has 1 aromatic rings. The van der Waals surface area contributed by atoms with E-state index in [1.165, 1.54) is 24.9 Å². The lowest BCUT2D eigenvalue weighted by molar-refractivity contribution is 0.183. The number of furan rings is 1. The first-order valence-electron chi connectivity index (χ1n) is 8.03. The molecule has 1 fully saturated rings. The maximum absolute atomic E-state index is 6.05. The molecule has 2 heterocycles. The van der Waals surface area contributed by atoms with E-state index in [4.69, 9.17) is 4.42 Å². The van der Waals surface area contributed by atoms with Gasteiger partial charge in [0, 0.05) is 12.1 Å². The highest BCUT2D eigenvalue weighted by Crippen LogP contribution is 2.26. The number of aryl methyl sites for hydroxylation is 1. The third-order valence-corrected chi connectivity index (χ3v) is 4.29. The van der Waals surface area contributed by atoms with Gasteiger partial charge in [0.05, 0.1) is 13.1 Å². The lowest BCUT2D eigenvalue weighted by Gasteiger charge is -2.26. The quantitative estimate of drug-likeness (QED) is 0.860. The number of rotatable bonds is 6. The minimum absolute atomic E-state index is 0.492. The molecule has 1 aliphatic heterocycles. The molecule has 0 bridgehead atoms. The van der Waals surface area contributed by atoms with Crippen molar-refractivity contribution in [3.63, 3.8) is 0 Å². The molecule has 1 aliphatic rings. The molecule has 20 heavy (non-hydrogen) atoms. The molecule has 2 rings (SSSR count). The molecule has 0 aromatic carbocycles. The summed E-state index contributed by atoms with van der Waals surface area (Å²) >= 11 is 0. The fourth-order valence-corrected chi connectivity index (χ4v) is 3.14. The monoisotopic (exact) mass is 278 g/mol. The maximum Gasteiger partial charge on any atom is 0.120 e. The molecule has 0 amide bonds. The standard InChI is InChI=1S/C17H30N2O/c1-12(2)16-7-6-8-19(16)11-15-9-14(5)17(20-15)10-18-13(3)4/h9,12-13,16,18H,6-8,10-11H2,1-5H3. The van der Waals surface area contributed by atoms with E-state index in [1.54, 1.807) is 0 Å². The van der Waals surface area contributed by atoms with Crippen LogP contribution < -0.4 is 5.32 Å². The van der Waals surface area contributed by atoms with Gasteiger partial charge in [-0.3, -0.25) is 4.90 Å². The second-order valence-corrected chi connectivity index (χ2v) is 6.78. The Labute approximate surface area is 123 Å². The second kappa shape index (κ2) is 6.77. The zero-order chi connectivity index (χ0) is 14.7. The SMILES string of the molecule is Cc1cc(CN2CCCC2C(C)C)oc1CNC(C)C. The minimum Gasteiger partial charge on any atom is -0.463 e. The Kier molecular flexibility index (Phi) is 5.28. The smallest absolute Gasteiger partial charge is 0.120 e. The van der Waals surface area contributed by atoms with E-state index in [-0.39, 0.29) is 0 Å². The highest BCUT2D eigenvalue weighted by atomic mass is 16.3. The van der Waals surface area contributed by atoms with Crippen LogP contribution >= 0.6 is 0 Å². The summed E-state index contributed by atoms with van der Waals surface area (Å²) in [6.07, 6.45) is 2.66. The molecular weight excluding hydrogens is 248 g/mol. The molecule has 114 valence electrons. The summed E-state index contributed by atoms with van der Waals surface area (Å²) in [4.78, 5) is 2.59. The molecule has 1 aromatic heterocycles. The fraction of sp³-hybridized carbons (Fsp3) is 0.765. The first kappa shape index (κ1) is 15.6. The van der Waals surface area contributed by atoms with Gasteiger partial charge in [-0.05, 0) is 43.9 Å². The van der Waals surface area contributed by atoms with Crippen LogP contribution in [-0.2, 0) is 13.1 Å². The lowest BCUT2D eigenvalue weighted by atomic mass is 10.0. The summed E-state index contributed by atoms with van der Waals surface area (Å²) in [6, 6.07) is 3.43. The van der Waals surface area contributed by atoms with Crippen molar-refractivity contribution in [1.29, 1.82) is 0 Å². The van der Waals surface area contributed by atoms with Gasteiger partial charge < -0.3 is 9.73 Å². The van der Waals surface area contributed by atoms with Crippen molar-refractivity contribution in [3.05, 3.63) is 23.2 Å². The second-order valence-electron chi connectivity index (χ2n) is 6.78. The predicted molar refractivity (Wildman–Crippen MR) is 83.7 cm³/mol. The van der Waals surface area contributed by atoms with Crippen LogP contribution in [0.25, 0.3) is 0 Å². The van der Waals surface area contributed by atoms with Crippen molar-refractivity contribution >= 4 is 0 Å². The van der Waals surface area contributed by atoms with Gasteiger partial charge in [0.15, 0.2) is 0 Å². The van der Waals surface area contributed by atoms with Crippen LogP contribution in [0.2, 0.25) is 0 Å². The van der Waals surface area contributed by atoms with E-state index in [0.717, 1.165) is 36.6 Å². The van der Waals surface area contributed by atoms with Crippen molar-refractivity contribution in [2.45, 2.75) is 72.6 Å². The van der Waals surface area contributed by atoms with Crippen LogP contribution in [0.5, 0.6) is 0 Å². The van der Waals surface area contributed by atoms with Crippen molar-refractivity contribution in [2.24, 2.45) is 5.92 Å². The minimum atomic E-state index is 0.492. The van der Waals surface area contributed by atoms with E-state index < -0.39 is 0 Å². The van der Waals surface area contributed by atoms with Crippen LogP contribution in [0.1, 0.15) is 57.6 Å². The number of nitrogens with one attached hydrogen (secondary N) is 1. The molecule has 0 spiro atoms. The topological polar surface area (TPSA) is 28.4 Å². The first-order valence-corrected chi connectivity index (χ1v) is 8.03. The van der Waals surface area contributed by atoms with Gasteiger partial charge in [-0.2, -0.15) is 0 Å². The Bertz CT molecular complexity index is 423. The van der Waals surface area contributed by atoms with E-state index in [9.17, 15) is 0 Å². The van der Waals surface area contributed by atoms with Gasteiger partial charge in [0.1, 0.15) is 11.5 Å². The lowest BCUT2D eigenvalue weighted by Crippen LogP contribution is -2.32.